The summed E-state index contributed by atoms with van der Waals surface area (Å²) in [5.74, 6) is -0.539. The lowest BCUT2D eigenvalue weighted by molar-refractivity contribution is -0.142. The molecular weight excluding hydrogens is 322 g/mol. The van der Waals surface area contributed by atoms with E-state index in [2.05, 4.69) is 30.7 Å². The van der Waals surface area contributed by atoms with Gasteiger partial charge in [0.15, 0.2) is 0 Å². The van der Waals surface area contributed by atoms with Gasteiger partial charge in [-0.1, -0.05) is 51.4 Å². The Morgan fingerprint density at radius 1 is 1.40 bits per heavy atom. The number of nitrogens with zero attached hydrogens (tertiary/aromatic N) is 3. The van der Waals surface area contributed by atoms with Crippen LogP contribution in [0.1, 0.15) is 5.56 Å². The van der Waals surface area contributed by atoms with Crippen molar-refractivity contribution in [3.63, 3.8) is 0 Å². The molecule has 0 unspecified atom stereocenters. The van der Waals surface area contributed by atoms with Gasteiger partial charge < -0.3 is 4.74 Å². The lowest BCUT2D eigenvalue weighted by Crippen LogP contribution is -2.22. The van der Waals surface area contributed by atoms with Gasteiger partial charge in [-0.3, -0.25) is 4.79 Å². The van der Waals surface area contributed by atoms with Crippen molar-refractivity contribution in [3.8, 4) is 0 Å². The fourth-order valence-electron chi connectivity index (χ4n) is 2.08. The molecule has 20 heavy (non-hydrogen) atoms. The minimum atomic E-state index is -0.868. The molecule has 0 saturated carbocycles. The molecule has 6 heteroatoms. The number of carbonyl (C=O) groups excluding carboxylic acids is 1. The maximum atomic E-state index is 11.7. The Balaban J connectivity index is 2.48. The Hall–Kier alpha value is -2.04. The number of methoxy groups -OCH3 is 1. The normalized spacial score (nSPS) is 11.7. The number of rotatable bonds is 4. The van der Waals surface area contributed by atoms with Crippen molar-refractivity contribution in [2.45, 2.75) is 12.5 Å². The highest BCUT2D eigenvalue weighted by molar-refractivity contribution is 9.10. The lowest BCUT2D eigenvalue weighted by atomic mass is 9.99. The average molecular weight is 334 g/mol. The van der Waals surface area contributed by atoms with Gasteiger partial charge in [0.2, 0.25) is 0 Å². The second-order valence-electron chi connectivity index (χ2n) is 4.20. The Morgan fingerprint density at radius 3 is 2.85 bits per heavy atom. The molecule has 102 valence electrons. The maximum Gasteiger partial charge on any atom is 0.314 e. The van der Waals surface area contributed by atoms with Crippen LogP contribution in [0.3, 0.4) is 0 Å². The summed E-state index contributed by atoms with van der Waals surface area (Å²) in [6.45, 7) is 0. The van der Waals surface area contributed by atoms with Crippen molar-refractivity contribution in [1.82, 2.24) is 0 Å². The minimum absolute atomic E-state index is 0.290. The highest BCUT2D eigenvalue weighted by Gasteiger charge is 2.20. The van der Waals surface area contributed by atoms with E-state index in [0.717, 1.165) is 20.8 Å². The van der Waals surface area contributed by atoms with Gasteiger partial charge in [-0.2, -0.15) is 0 Å². The van der Waals surface area contributed by atoms with Crippen molar-refractivity contribution in [2.75, 3.05) is 7.11 Å². The molecule has 0 N–H and O–H groups in total. The van der Waals surface area contributed by atoms with Gasteiger partial charge in [-0.25, -0.2) is 0 Å². The zero-order valence-electron chi connectivity index (χ0n) is 10.8. The van der Waals surface area contributed by atoms with Crippen LogP contribution in [0.2, 0.25) is 0 Å². The van der Waals surface area contributed by atoms with Crippen LogP contribution in [0.15, 0.2) is 46.0 Å². The molecule has 0 bridgehead atoms. The van der Waals surface area contributed by atoms with Crippen LogP contribution in [0.4, 0.5) is 0 Å². The number of benzene rings is 2. The largest absolute Gasteiger partial charge is 0.469 e. The van der Waals surface area contributed by atoms with E-state index in [1.54, 1.807) is 0 Å². The summed E-state index contributed by atoms with van der Waals surface area (Å²) in [6, 6.07) is 10.9. The van der Waals surface area contributed by atoms with E-state index in [1.165, 1.54) is 7.11 Å². The number of esters is 1. The van der Waals surface area contributed by atoms with Gasteiger partial charge in [-0.05, 0) is 34.4 Å². The standard InChI is InChI=1S/C14H12BrN3O2/c1-20-14(19)13(17-18-16)8-11-10-5-3-2-4-9(10)6-7-12(11)15/h2-7,13H,8H2,1H3/t13-/m0/s1. The molecule has 0 aliphatic rings. The summed E-state index contributed by atoms with van der Waals surface area (Å²) in [5, 5.41) is 5.61. The van der Waals surface area contributed by atoms with Crippen molar-refractivity contribution in [3.05, 3.63) is 56.9 Å². The van der Waals surface area contributed by atoms with Gasteiger partial charge in [0, 0.05) is 9.38 Å². The van der Waals surface area contributed by atoms with Crippen LogP contribution in [-0.2, 0) is 16.0 Å². The minimum Gasteiger partial charge on any atom is -0.469 e. The summed E-state index contributed by atoms with van der Waals surface area (Å²) >= 11 is 3.48. The molecule has 0 radical (unpaired) electrons. The Kier molecular flexibility index (Phi) is 4.61. The second kappa shape index (κ2) is 6.41. The van der Waals surface area contributed by atoms with E-state index in [1.807, 2.05) is 36.4 Å². The third kappa shape index (κ3) is 2.92. The number of fused-ring (bicyclic) bond motifs is 1. The summed E-state index contributed by atoms with van der Waals surface area (Å²) < 4.78 is 5.54. The highest BCUT2D eigenvalue weighted by atomic mass is 79.9. The van der Waals surface area contributed by atoms with E-state index < -0.39 is 12.0 Å². The summed E-state index contributed by atoms with van der Waals surface area (Å²) in [5.41, 5.74) is 9.50. The number of carbonyl (C=O) groups is 1. The molecule has 0 amide bonds. The zero-order chi connectivity index (χ0) is 14.5. The quantitative estimate of drug-likeness (QED) is 0.367. The third-order valence-electron chi connectivity index (χ3n) is 3.05. The van der Waals surface area contributed by atoms with Crippen LogP contribution >= 0.6 is 15.9 Å². The zero-order valence-corrected chi connectivity index (χ0v) is 12.4. The first-order chi connectivity index (χ1) is 9.67. The van der Waals surface area contributed by atoms with Gasteiger partial charge in [0.25, 0.3) is 0 Å². The Labute approximate surface area is 124 Å². The monoisotopic (exact) mass is 333 g/mol. The molecular formula is C14H12BrN3O2. The first-order valence-electron chi connectivity index (χ1n) is 5.95. The summed E-state index contributed by atoms with van der Waals surface area (Å²) in [4.78, 5) is 14.4. The van der Waals surface area contributed by atoms with Crippen molar-refractivity contribution >= 4 is 32.7 Å². The Morgan fingerprint density at radius 2 is 2.15 bits per heavy atom. The van der Waals surface area contributed by atoms with Crippen molar-refractivity contribution < 1.29 is 9.53 Å². The van der Waals surface area contributed by atoms with Crippen LogP contribution in [0.25, 0.3) is 21.2 Å². The van der Waals surface area contributed by atoms with E-state index in [-0.39, 0.29) is 0 Å². The molecule has 0 heterocycles. The molecule has 0 saturated heterocycles. The molecule has 2 rings (SSSR count). The van der Waals surface area contributed by atoms with Gasteiger partial charge in [0.1, 0.15) is 6.04 Å². The summed E-state index contributed by atoms with van der Waals surface area (Å²) in [6.07, 6.45) is 0.290. The first-order valence-corrected chi connectivity index (χ1v) is 6.75. The molecule has 0 aliphatic carbocycles. The number of halogens is 1. The molecule has 0 aromatic heterocycles. The second-order valence-corrected chi connectivity index (χ2v) is 5.05. The number of hydrogen-bond acceptors (Lipinski definition) is 3. The van der Waals surface area contributed by atoms with Crippen LogP contribution in [0.5, 0.6) is 0 Å². The van der Waals surface area contributed by atoms with Crippen molar-refractivity contribution in [1.29, 1.82) is 0 Å². The van der Waals surface area contributed by atoms with Crippen LogP contribution < -0.4 is 0 Å². The molecule has 5 nitrogen and oxygen atoms in total. The average Bonchev–Trinajstić information content (AvgIpc) is 2.48. The number of hydrogen-bond donors (Lipinski definition) is 0. The molecule has 2 aromatic rings. The van der Waals surface area contributed by atoms with E-state index in [4.69, 9.17) is 5.53 Å². The molecule has 0 aliphatic heterocycles. The lowest BCUT2D eigenvalue weighted by Gasteiger charge is -2.13. The number of azide groups is 1. The smallest absolute Gasteiger partial charge is 0.314 e. The topological polar surface area (TPSA) is 75.1 Å². The van der Waals surface area contributed by atoms with Crippen molar-refractivity contribution in [2.24, 2.45) is 5.11 Å². The van der Waals surface area contributed by atoms with Gasteiger partial charge in [0.05, 0.1) is 7.11 Å². The van der Waals surface area contributed by atoms with E-state index in [0.29, 0.717) is 6.42 Å². The molecule has 1 atom stereocenters. The molecule has 0 fully saturated rings. The molecule has 2 aromatic carbocycles. The fourth-order valence-corrected chi connectivity index (χ4v) is 2.59. The number of ether oxygens (including phenoxy) is 1. The predicted molar refractivity (Wildman–Crippen MR) is 80.3 cm³/mol. The Bertz CT molecular complexity index is 696. The van der Waals surface area contributed by atoms with Crippen LogP contribution in [0, 0.1) is 0 Å². The maximum absolute atomic E-state index is 11.7. The third-order valence-corrected chi connectivity index (χ3v) is 3.79. The SMILES string of the molecule is COC(=O)[C@H](Cc1c(Br)ccc2ccccc12)N=[N+]=[N-]. The summed E-state index contributed by atoms with van der Waals surface area (Å²) in [7, 11) is 1.28. The highest BCUT2D eigenvalue weighted by Crippen LogP contribution is 2.28. The van der Waals surface area contributed by atoms with E-state index >= 15 is 0 Å². The predicted octanol–water partition coefficient (Wildman–Crippen LogP) is 4.00. The van der Waals surface area contributed by atoms with Gasteiger partial charge in [-0.15, -0.1) is 0 Å². The van der Waals surface area contributed by atoms with E-state index in [9.17, 15) is 4.79 Å². The van der Waals surface area contributed by atoms with Crippen LogP contribution in [-0.4, -0.2) is 19.1 Å². The first kappa shape index (κ1) is 14.4. The fraction of sp³-hybridized carbons (Fsp3) is 0.214. The molecule has 0 spiro atoms. The van der Waals surface area contributed by atoms with Gasteiger partial charge >= 0.3 is 5.97 Å².